The summed E-state index contributed by atoms with van der Waals surface area (Å²) in [4.78, 5) is 32.4. The van der Waals surface area contributed by atoms with Crippen LogP contribution in [0.25, 0.3) is 16.9 Å². The van der Waals surface area contributed by atoms with Gasteiger partial charge in [-0.2, -0.15) is 14.9 Å². The molecule has 1 amide bonds. The number of hydrogen-bond acceptors (Lipinski definition) is 6. The first-order valence-corrected chi connectivity index (χ1v) is 8.76. The Morgan fingerprint density at radius 2 is 1.89 bits per heavy atom. The molecular weight excluding hydrogens is 358 g/mol. The lowest BCUT2D eigenvalue weighted by molar-refractivity contribution is -0.116. The van der Waals surface area contributed by atoms with Crippen LogP contribution in [-0.2, 0) is 4.79 Å². The first-order valence-electron chi connectivity index (χ1n) is 8.76. The molecule has 2 N–H and O–H groups in total. The summed E-state index contributed by atoms with van der Waals surface area (Å²) in [6, 6.07) is 8.78. The summed E-state index contributed by atoms with van der Waals surface area (Å²) in [7, 11) is 0. The molecule has 3 aromatic heterocycles. The minimum absolute atomic E-state index is 0.109. The van der Waals surface area contributed by atoms with E-state index < -0.39 is 0 Å². The minimum atomic E-state index is -0.305. The number of nitrogens with zero attached hydrogens (tertiary/aromatic N) is 5. The molecule has 0 saturated carbocycles. The molecule has 4 aromatic rings. The van der Waals surface area contributed by atoms with Crippen molar-refractivity contribution in [3.05, 3.63) is 69.9 Å². The molecule has 0 radical (unpaired) electrons. The Labute approximate surface area is 158 Å². The number of aryl methyl sites for hydroxylation is 1. The van der Waals surface area contributed by atoms with E-state index in [-0.39, 0.29) is 17.4 Å². The molecule has 0 spiro atoms. The molecule has 9 heteroatoms. The molecule has 5 rings (SSSR count). The minimum Gasteiger partial charge on any atom is -0.310 e. The number of benzene rings is 1. The number of aromatic nitrogens is 6. The fraction of sp³-hybridized carbons (Fsp3) is 0.158. The van der Waals surface area contributed by atoms with Crippen LogP contribution in [0, 0.1) is 6.92 Å². The number of rotatable bonds is 2. The fourth-order valence-corrected chi connectivity index (χ4v) is 3.65. The second-order valence-electron chi connectivity index (χ2n) is 6.65. The normalized spacial score (nSPS) is 16.0. The van der Waals surface area contributed by atoms with Gasteiger partial charge in [0.1, 0.15) is 5.82 Å². The van der Waals surface area contributed by atoms with Crippen molar-refractivity contribution in [2.75, 3.05) is 5.32 Å². The van der Waals surface area contributed by atoms with Gasteiger partial charge >= 0.3 is 0 Å². The van der Waals surface area contributed by atoms with Crippen molar-refractivity contribution in [3.8, 4) is 5.82 Å². The van der Waals surface area contributed by atoms with Gasteiger partial charge in [-0.15, -0.1) is 0 Å². The number of anilines is 1. The van der Waals surface area contributed by atoms with Crippen molar-refractivity contribution in [2.24, 2.45) is 0 Å². The molecule has 1 aliphatic heterocycles. The highest BCUT2D eigenvalue weighted by Crippen LogP contribution is 2.40. The molecule has 0 saturated heterocycles. The molecular formula is C19H15N7O2. The van der Waals surface area contributed by atoms with E-state index in [1.165, 1.54) is 6.07 Å². The third-order valence-corrected chi connectivity index (χ3v) is 4.88. The SMILES string of the molecule is Cc1nn(-c2ccc(=O)[nH]n2)c2c1[C@@H](c1ccc3nccnc3c1)CC(=O)N2. The molecule has 0 bridgehead atoms. The standard InChI is InChI=1S/C19H15N7O2/c1-10-18-12(11-2-3-13-14(8-11)21-7-6-20-13)9-17(28)22-19(18)26(25-10)15-4-5-16(27)24-23-15/h2-8,12H,9H2,1H3,(H,22,28)(H,24,27)/t12-/m1/s1. The van der Waals surface area contributed by atoms with Gasteiger partial charge in [0.15, 0.2) is 5.82 Å². The van der Waals surface area contributed by atoms with Crippen molar-refractivity contribution < 1.29 is 4.79 Å². The summed E-state index contributed by atoms with van der Waals surface area (Å²) in [5.74, 6) is 0.723. The van der Waals surface area contributed by atoms with E-state index in [2.05, 4.69) is 30.6 Å². The van der Waals surface area contributed by atoms with Crippen LogP contribution >= 0.6 is 0 Å². The molecule has 138 valence electrons. The van der Waals surface area contributed by atoms with E-state index in [0.717, 1.165) is 27.9 Å². The lowest BCUT2D eigenvalue weighted by Gasteiger charge is -2.24. The number of carbonyl (C=O) groups excluding carboxylic acids is 1. The second kappa shape index (κ2) is 6.08. The summed E-state index contributed by atoms with van der Waals surface area (Å²) in [5.41, 5.74) is 3.96. The van der Waals surface area contributed by atoms with E-state index >= 15 is 0 Å². The van der Waals surface area contributed by atoms with Gasteiger partial charge in [0.25, 0.3) is 5.56 Å². The highest BCUT2D eigenvalue weighted by atomic mass is 16.2. The van der Waals surface area contributed by atoms with E-state index in [9.17, 15) is 9.59 Å². The molecule has 0 fully saturated rings. The van der Waals surface area contributed by atoms with Crippen LogP contribution < -0.4 is 10.9 Å². The van der Waals surface area contributed by atoms with Gasteiger partial charge in [0.2, 0.25) is 5.91 Å². The zero-order valence-corrected chi connectivity index (χ0v) is 14.9. The largest absolute Gasteiger partial charge is 0.310 e. The van der Waals surface area contributed by atoms with Crippen molar-refractivity contribution in [1.29, 1.82) is 0 Å². The third-order valence-electron chi connectivity index (χ3n) is 4.88. The number of H-pyrrole nitrogens is 1. The van der Waals surface area contributed by atoms with Crippen molar-refractivity contribution >= 4 is 22.8 Å². The topological polar surface area (TPSA) is 118 Å². The van der Waals surface area contributed by atoms with E-state index in [1.54, 1.807) is 23.1 Å². The number of aromatic amines is 1. The molecule has 28 heavy (non-hydrogen) atoms. The van der Waals surface area contributed by atoms with Crippen molar-refractivity contribution in [3.63, 3.8) is 0 Å². The first-order chi connectivity index (χ1) is 13.6. The van der Waals surface area contributed by atoms with E-state index in [0.29, 0.717) is 18.1 Å². The maximum Gasteiger partial charge on any atom is 0.264 e. The van der Waals surface area contributed by atoms with Crippen LogP contribution in [0.4, 0.5) is 5.82 Å². The number of hydrogen-bond donors (Lipinski definition) is 2. The molecule has 4 heterocycles. The number of carbonyl (C=O) groups is 1. The summed E-state index contributed by atoms with van der Waals surface area (Å²) >= 11 is 0. The van der Waals surface area contributed by atoms with E-state index in [4.69, 9.17) is 0 Å². The molecule has 0 aliphatic carbocycles. The van der Waals surface area contributed by atoms with Crippen LogP contribution in [0.2, 0.25) is 0 Å². The quantitative estimate of drug-likeness (QED) is 0.552. The number of fused-ring (bicyclic) bond motifs is 2. The predicted molar refractivity (Wildman–Crippen MR) is 101 cm³/mol. The molecule has 1 atom stereocenters. The number of nitrogens with one attached hydrogen (secondary N) is 2. The lowest BCUT2D eigenvalue weighted by atomic mass is 9.85. The van der Waals surface area contributed by atoms with Crippen LogP contribution in [0.1, 0.15) is 29.2 Å². The van der Waals surface area contributed by atoms with Gasteiger partial charge in [0.05, 0.1) is 16.7 Å². The Balaban J connectivity index is 1.67. The van der Waals surface area contributed by atoms with E-state index in [1.807, 2.05) is 25.1 Å². The van der Waals surface area contributed by atoms with Gasteiger partial charge in [0, 0.05) is 36.4 Å². The lowest BCUT2D eigenvalue weighted by Crippen LogP contribution is -2.25. The highest BCUT2D eigenvalue weighted by Gasteiger charge is 2.33. The maximum atomic E-state index is 12.5. The zero-order valence-electron chi connectivity index (χ0n) is 14.9. The average molecular weight is 373 g/mol. The predicted octanol–water partition coefficient (Wildman–Crippen LogP) is 1.68. The average Bonchev–Trinajstić information content (AvgIpc) is 3.04. The van der Waals surface area contributed by atoms with Crippen LogP contribution in [0.5, 0.6) is 0 Å². The fourth-order valence-electron chi connectivity index (χ4n) is 3.65. The maximum absolute atomic E-state index is 12.5. The highest BCUT2D eigenvalue weighted by molar-refractivity contribution is 5.95. The Morgan fingerprint density at radius 1 is 1.07 bits per heavy atom. The van der Waals surface area contributed by atoms with Crippen molar-refractivity contribution in [2.45, 2.75) is 19.3 Å². The summed E-state index contributed by atoms with van der Waals surface area (Å²) in [5, 5.41) is 13.9. The van der Waals surface area contributed by atoms with Crippen LogP contribution in [0.15, 0.2) is 47.5 Å². The Hall–Kier alpha value is -3.88. The smallest absolute Gasteiger partial charge is 0.264 e. The summed E-state index contributed by atoms with van der Waals surface area (Å²) in [6.07, 6.45) is 3.61. The molecule has 1 aromatic carbocycles. The van der Waals surface area contributed by atoms with Crippen LogP contribution in [0.3, 0.4) is 0 Å². The Kier molecular flexibility index (Phi) is 3.54. The van der Waals surface area contributed by atoms with Crippen LogP contribution in [-0.4, -0.2) is 35.9 Å². The molecule has 1 aliphatic rings. The monoisotopic (exact) mass is 373 g/mol. The summed E-state index contributed by atoms with van der Waals surface area (Å²) in [6.45, 7) is 1.90. The Bertz CT molecular complexity index is 1270. The summed E-state index contributed by atoms with van der Waals surface area (Å²) < 4.78 is 1.55. The van der Waals surface area contributed by atoms with Gasteiger partial charge in [-0.1, -0.05) is 6.07 Å². The van der Waals surface area contributed by atoms with Gasteiger partial charge in [-0.25, -0.2) is 5.10 Å². The first kappa shape index (κ1) is 16.3. The van der Waals surface area contributed by atoms with Gasteiger partial charge in [-0.3, -0.25) is 19.6 Å². The zero-order chi connectivity index (χ0) is 19.3. The van der Waals surface area contributed by atoms with Gasteiger partial charge in [-0.05, 0) is 30.7 Å². The third kappa shape index (κ3) is 2.56. The molecule has 0 unspecified atom stereocenters. The van der Waals surface area contributed by atoms with Crippen molar-refractivity contribution in [1.82, 2.24) is 29.9 Å². The van der Waals surface area contributed by atoms with Gasteiger partial charge < -0.3 is 5.32 Å². The number of amides is 1. The second-order valence-corrected chi connectivity index (χ2v) is 6.65. The molecule has 9 nitrogen and oxygen atoms in total. The Morgan fingerprint density at radius 3 is 2.68 bits per heavy atom.